The van der Waals surface area contributed by atoms with Crippen LogP contribution in [0.25, 0.3) is 0 Å². The minimum atomic E-state index is -4.37. The monoisotopic (exact) mass is 810 g/mol. The van der Waals surface area contributed by atoms with Gasteiger partial charge in [0.15, 0.2) is 6.10 Å². The molecule has 0 saturated heterocycles. The number of unbranched alkanes of at least 4 members (excludes halogenated alkanes) is 21. The first-order valence-corrected chi connectivity index (χ1v) is 24.1. The Morgan fingerprint density at radius 1 is 0.554 bits per heavy atom. The SMILES string of the molecule is CC/C=C\C/C=C\C/C=C\C/C=C\CCCCCCCCCCCCCCCCCCC(=O)OC(COC(=O)CCCCCCCC)COP(=O)(O)OCCN. The predicted molar refractivity (Wildman–Crippen MR) is 233 cm³/mol. The molecule has 0 aliphatic rings. The van der Waals surface area contributed by atoms with Crippen molar-refractivity contribution in [2.45, 2.75) is 206 Å². The number of carbonyl (C=O) groups excluding carboxylic acids is 2. The zero-order chi connectivity index (χ0) is 41.1. The number of ether oxygens (including phenoxy) is 2. The lowest BCUT2D eigenvalue weighted by molar-refractivity contribution is -0.161. The summed E-state index contributed by atoms with van der Waals surface area (Å²) in [4.78, 5) is 34.6. The van der Waals surface area contributed by atoms with E-state index < -0.39 is 26.5 Å². The molecule has 0 spiro atoms. The maximum absolute atomic E-state index is 12.5. The van der Waals surface area contributed by atoms with Crippen molar-refractivity contribution >= 4 is 19.8 Å². The fourth-order valence-electron chi connectivity index (χ4n) is 6.16. The second kappa shape index (κ2) is 42.6. The van der Waals surface area contributed by atoms with Gasteiger partial charge in [0.1, 0.15) is 6.61 Å². The van der Waals surface area contributed by atoms with Crippen molar-refractivity contribution in [2.75, 3.05) is 26.4 Å². The lowest BCUT2D eigenvalue weighted by Gasteiger charge is -2.19. The summed E-state index contributed by atoms with van der Waals surface area (Å²) < 4.78 is 32.6. The van der Waals surface area contributed by atoms with E-state index in [2.05, 4.69) is 62.5 Å². The second-order valence-electron chi connectivity index (χ2n) is 14.9. The lowest BCUT2D eigenvalue weighted by atomic mass is 10.0. The summed E-state index contributed by atoms with van der Waals surface area (Å²) in [7, 11) is -4.37. The normalized spacial score (nSPS) is 13.7. The van der Waals surface area contributed by atoms with E-state index >= 15 is 0 Å². The van der Waals surface area contributed by atoms with Gasteiger partial charge < -0.3 is 20.1 Å². The van der Waals surface area contributed by atoms with E-state index in [1.54, 1.807) is 0 Å². The first kappa shape index (κ1) is 54.0. The van der Waals surface area contributed by atoms with Crippen LogP contribution >= 0.6 is 7.82 Å². The fraction of sp³-hybridized carbons (Fsp3) is 0.783. The molecule has 0 fully saturated rings. The number of hydrogen-bond donors (Lipinski definition) is 2. The van der Waals surface area contributed by atoms with Gasteiger partial charge in [-0.3, -0.25) is 18.6 Å². The van der Waals surface area contributed by atoms with E-state index in [9.17, 15) is 19.0 Å². The number of nitrogens with two attached hydrogens (primary N) is 1. The van der Waals surface area contributed by atoms with Gasteiger partial charge >= 0.3 is 19.8 Å². The highest BCUT2D eigenvalue weighted by Gasteiger charge is 2.26. The quantitative estimate of drug-likeness (QED) is 0.0267. The van der Waals surface area contributed by atoms with Gasteiger partial charge in [-0.05, 0) is 51.4 Å². The third-order valence-electron chi connectivity index (χ3n) is 9.48. The molecule has 10 heteroatoms. The zero-order valence-electron chi connectivity index (χ0n) is 35.9. The number of allylic oxidation sites excluding steroid dienone is 8. The highest BCUT2D eigenvalue weighted by atomic mass is 31.2. The van der Waals surface area contributed by atoms with Gasteiger partial charge in [0.25, 0.3) is 0 Å². The molecular weight excluding hydrogens is 725 g/mol. The van der Waals surface area contributed by atoms with E-state index in [0.717, 1.165) is 70.6 Å². The van der Waals surface area contributed by atoms with Gasteiger partial charge in [0.2, 0.25) is 0 Å². The lowest BCUT2D eigenvalue weighted by Crippen LogP contribution is -2.29. The van der Waals surface area contributed by atoms with E-state index in [0.29, 0.717) is 6.42 Å². The van der Waals surface area contributed by atoms with Crippen molar-refractivity contribution in [3.8, 4) is 0 Å². The van der Waals surface area contributed by atoms with Crippen LogP contribution in [0.1, 0.15) is 200 Å². The summed E-state index contributed by atoms with van der Waals surface area (Å²) in [6, 6.07) is 0. The standard InChI is InChI=1S/C46H84NO8P/c1-3-5-7-9-11-12-13-14-15-16-17-18-19-20-21-22-23-24-25-26-27-28-29-30-31-32-33-35-37-39-46(49)55-44(43-54-56(50,51)53-41-40-47)42-52-45(48)38-36-34-10-8-6-4-2/h5,7,11-12,14-15,17-18,44H,3-4,6,8-10,13,16,19-43,47H2,1-2H3,(H,50,51)/b7-5-,12-11-,15-14-,18-17-. The van der Waals surface area contributed by atoms with Crippen LogP contribution < -0.4 is 5.73 Å². The smallest absolute Gasteiger partial charge is 0.462 e. The first-order chi connectivity index (χ1) is 27.3. The Balaban J connectivity index is 3.84. The Hall–Kier alpha value is -2.03. The zero-order valence-corrected chi connectivity index (χ0v) is 36.8. The van der Waals surface area contributed by atoms with Gasteiger partial charge in [0, 0.05) is 19.4 Å². The van der Waals surface area contributed by atoms with Gasteiger partial charge in [-0.2, -0.15) is 0 Å². The van der Waals surface area contributed by atoms with Crippen molar-refractivity contribution in [1.82, 2.24) is 0 Å². The molecule has 0 amide bonds. The molecule has 0 bridgehead atoms. The molecule has 0 aliphatic heterocycles. The minimum absolute atomic E-state index is 0.0538. The maximum atomic E-state index is 12.5. The van der Waals surface area contributed by atoms with E-state index in [1.807, 2.05) is 0 Å². The highest BCUT2D eigenvalue weighted by molar-refractivity contribution is 7.47. The molecular formula is C46H84NO8P. The van der Waals surface area contributed by atoms with Crippen LogP contribution in [0.5, 0.6) is 0 Å². The molecule has 3 N–H and O–H groups in total. The number of rotatable bonds is 42. The van der Waals surface area contributed by atoms with Crippen LogP contribution in [0.15, 0.2) is 48.6 Å². The van der Waals surface area contributed by atoms with Crippen molar-refractivity contribution in [3.63, 3.8) is 0 Å². The summed E-state index contributed by atoms with van der Waals surface area (Å²) in [5, 5.41) is 0. The van der Waals surface area contributed by atoms with Crippen LogP contribution in [-0.4, -0.2) is 49.3 Å². The number of carbonyl (C=O) groups is 2. The molecule has 2 atom stereocenters. The molecule has 0 aromatic rings. The number of esters is 2. The largest absolute Gasteiger partial charge is 0.472 e. The average molecular weight is 810 g/mol. The summed E-state index contributed by atoms with van der Waals surface area (Å²) >= 11 is 0. The number of phosphoric ester groups is 1. The topological polar surface area (TPSA) is 134 Å². The second-order valence-corrected chi connectivity index (χ2v) is 16.3. The van der Waals surface area contributed by atoms with Crippen LogP contribution in [0, 0.1) is 0 Å². The summed E-state index contributed by atoms with van der Waals surface area (Å²) in [6.45, 7) is 3.55. The molecule has 56 heavy (non-hydrogen) atoms. The van der Waals surface area contributed by atoms with Crippen LogP contribution in [0.3, 0.4) is 0 Å². The molecule has 0 aromatic carbocycles. The molecule has 9 nitrogen and oxygen atoms in total. The van der Waals surface area contributed by atoms with Crippen molar-refractivity contribution in [1.29, 1.82) is 0 Å². The predicted octanol–water partition coefficient (Wildman–Crippen LogP) is 13.1. The summed E-state index contributed by atoms with van der Waals surface area (Å²) in [6.07, 6.45) is 49.1. The van der Waals surface area contributed by atoms with Gasteiger partial charge in [-0.15, -0.1) is 0 Å². The van der Waals surface area contributed by atoms with E-state index in [4.69, 9.17) is 24.3 Å². The highest BCUT2D eigenvalue weighted by Crippen LogP contribution is 2.43. The Bertz CT molecular complexity index is 1060. The Morgan fingerprint density at radius 2 is 0.982 bits per heavy atom. The maximum Gasteiger partial charge on any atom is 0.472 e. The van der Waals surface area contributed by atoms with E-state index in [1.165, 1.54) is 96.3 Å². The Morgan fingerprint density at radius 3 is 1.46 bits per heavy atom. The third kappa shape index (κ3) is 41.6. The third-order valence-corrected chi connectivity index (χ3v) is 10.5. The molecule has 0 saturated carbocycles. The van der Waals surface area contributed by atoms with Crippen LogP contribution in [0.2, 0.25) is 0 Å². The number of phosphoric acid groups is 1. The molecule has 326 valence electrons. The Labute approximate surface area is 343 Å². The molecule has 0 rings (SSSR count). The number of hydrogen-bond acceptors (Lipinski definition) is 8. The molecule has 0 aliphatic carbocycles. The van der Waals surface area contributed by atoms with Crippen LogP contribution in [0.4, 0.5) is 0 Å². The van der Waals surface area contributed by atoms with Gasteiger partial charge in [-0.25, -0.2) is 4.57 Å². The van der Waals surface area contributed by atoms with Gasteiger partial charge in [-0.1, -0.05) is 184 Å². The molecule has 0 heterocycles. The summed E-state index contributed by atoms with van der Waals surface area (Å²) in [5.74, 6) is -0.835. The average Bonchev–Trinajstić information content (AvgIpc) is 3.18. The van der Waals surface area contributed by atoms with E-state index in [-0.39, 0.29) is 38.6 Å². The summed E-state index contributed by atoms with van der Waals surface area (Å²) in [5.41, 5.74) is 5.33. The first-order valence-electron chi connectivity index (χ1n) is 22.6. The fourth-order valence-corrected chi connectivity index (χ4v) is 6.92. The van der Waals surface area contributed by atoms with Gasteiger partial charge in [0.05, 0.1) is 13.2 Å². The van der Waals surface area contributed by atoms with Crippen molar-refractivity contribution < 1.29 is 37.6 Å². The van der Waals surface area contributed by atoms with Crippen molar-refractivity contribution in [2.24, 2.45) is 5.73 Å². The van der Waals surface area contributed by atoms with Crippen LogP contribution in [-0.2, 0) is 32.7 Å². The molecule has 0 radical (unpaired) electrons. The minimum Gasteiger partial charge on any atom is -0.462 e. The molecule has 0 aromatic heterocycles. The van der Waals surface area contributed by atoms with Crippen molar-refractivity contribution in [3.05, 3.63) is 48.6 Å². The Kier molecular flexibility index (Phi) is 41.0. The molecule has 2 unspecified atom stereocenters.